The van der Waals surface area contributed by atoms with Crippen LogP contribution in [0.25, 0.3) is 10.3 Å². The molecule has 2 rings (SSSR count). The molecule has 0 aliphatic rings. The maximum atomic E-state index is 11.1. The van der Waals surface area contributed by atoms with Gasteiger partial charge in [-0.2, -0.15) is 0 Å². The van der Waals surface area contributed by atoms with E-state index in [0.717, 1.165) is 11.3 Å². The first-order valence-electron chi connectivity index (χ1n) is 3.46. The molecule has 0 aliphatic carbocycles. The van der Waals surface area contributed by atoms with Crippen LogP contribution in [0.5, 0.6) is 0 Å². The van der Waals surface area contributed by atoms with Crippen molar-refractivity contribution in [2.45, 2.75) is 4.90 Å². The monoisotopic (exact) mass is 250 g/mol. The Kier molecular flexibility index (Phi) is 2.13. The van der Waals surface area contributed by atoms with Gasteiger partial charge in [0.05, 0.1) is 4.70 Å². The van der Waals surface area contributed by atoms with E-state index < -0.39 is 14.0 Å². The van der Waals surface area contributed by atoms with Crippen molar-refractivity contribution in [2.24, 2.45) is 0 Å². The lowest BCUT2D eigenvalue weighted by Crippen LogP contribution is -1.90. The molecule has 0 bridgehead atoms. The molecule has 1 aromatic carbocycles. The molecule has 2 aromatic rings. The highest BCUT2D eigenvalue weighted by Gasteiger charge is 2.17. The molecule has 7 heteroatoms. The smallest absolute Gasteiger partial charge is 0.396 e. The van der Waals surface area contributed by atoms with E-state index in [2.05, 4.69) is 0 Å². The van der Waals surface area contributed by atoms with E-state index in [1.807, 2.05) is 0 Å². The first kappa shape index (κ1) is 9.70. The molecule has 0 saturated heterocycles. The molecule has 0 radical (unpaired) electrons. The number of rotatable bonds is 1. The number of hydrogen-bond donors (Lipinski definition) is 0. The Balaban J connectivity index is 2.98. The summed E-state index contributed by atoms with van der Waals surface area (Å²) in [4.78, 5) is 10.2. The molecule has 1 aromatic heterocycles. The summed E-state index contributed by atoms with van der Waals surface area (Å²) in [6.45, 7) is 0. The van der Waals surface area contributed by atoms with Crippen molar-refractivity contribution < 1.29 is 12.8 Å². The van der Waals surface area contributed by atoms with E-state index in [-0.39, 0.29) is 10.5 Å². The topological polar surface area (TPSA) is 64.3 Å². The van der Waals surface area contributed by atoms with Crippen molar-refractivity contribution in [1.29, 1.82) is 0 Å². The lowest BCUT2D eigenvalue weighted by molar-refractivity contribution is 0.572. The fourth-order valence-electron chi connectivity index (χ4n) is 1.06. The van der Waals surface area contributed by atoms with E-state index in [1.54, 1.807) is 6.07 Å². The van der Waals surface area contributed by atoms with Gasteiger partial charge in [-0.1, -0.05) is 17.4 Å². The summed E-state index contributed by atoms with van der Waals surface area (Å²) in [5, 5.41) is 0. The van der Waals surface area contributed by atoms with Crippen LogP contribution in [0, 0.1) is 0 Å². The number of halogens is 1. The third-order valence-electron chi connectivity index (χ3n) is 1.58. The molecule has 0 amide bonds. The third-order valence-corrected chi connectivity index (χ3v) is 3.72. The van der Waals surface area contributed by atoms with Crippen molar-refractivity contribution in [1.82, 2.24) is 0 Å². The van der Waals surface area contributed by atoms with Crippen LogP contribution in [0.15, 0.2) is 32.3 Å². The van der Waals surface area contributed by atoms with Gasteiger partial charge < -0.3 is 4.42 Å². The molecule has 0 saturated carbocycles. The zero-order valence-electron chi connectivity index (χ0n) is 6.56. The van der Waals surface area contributed by atoms with Crippen molar-refractivity contribution in [2.75, 3.05) is 0 Å². The summed E-state index contributed by atoms with van der Waals surface area (Å²) in [5.74, 6) is 0. The van der Waals surface area contributed by atoms with E-state index >= 15 is 0 Å². The second-order valence-electron chi connectivity index (χ2n) is 2.48. The molecule has 1 heterocycles. The Morgan fingerprint density at radius 2 is 2.07 bits per heavy atom. The van der Waals surface area contributed by atoms with E-state index in [4.69, 9.17) is 15.1 Å². The van der Waals surface area contributed by atoms with Crippen LogP contribution < -0.4 is 4.94 Å². The summed E-state index contributed by atoms with van der Waals surface area (Å²) >= 11 is 0.837. The van der Waals surface area contributed by atoms with E-state index in [1.165, 1.54) is 12.1 Å². The summed E-state index contributed by atoms with van der Waals surface area (Å²) in [6, 6.07) is 4.39. The van der Waals surface area contributed by atoms with Crippen LogP contribution in [0.2, 0.25) is 0 Å². The van der Waals surface area contributed by atoms with Crippen molar-refractivity contribution in [3.8, 4) is 0 Å². The van der Waals surface area contributed by atoms with Crippen molar-refractivity contribution >= 4 is 41.4 Å². The van der Waals surface area contributed by atoms with Gasteiger partial charge in [-0.3, -0.25) is 0 Å². The lowest BCUT2D eigenvalue weighted by Gasteiger charge is -1.94. The largest absolute Gasteiger partial charge is 0.413 e. The van der Waals surface area contributed by atoms with Gasteiger partial charge in [0, 0.05) is 10.7 Å². The van der Waals surface area contributed by atoms with Gasteiger partial charge in [0.15, 0.2) is 5.58 Å². The van der Waals surface area contributed by atoms with Gasteiger partial charge in [-0.25, -0.2) is 13.2 Å². The van der Waals surface area contributed by atoms with Crippen LogP contribution in [-0.4, -0.2) is 8.42 Å². The molecular formula is C7H3ClO4S2. The molecule has 0 spiro atoms. The van der Waals surface area contributed by atoms with Gasteiger partial charge >= 0.3 is 4.94 Å². The summed E-state index contributed by atoms with van der Waals surface area (Å²) in [5.41, 5.74) is 0.0255. The molecule has 0 fully saturated rings. The summed E-state index contributed by atoms with van der Waals surface area (Å²) < 4.78 is 27.3. The minimum Gasteiger partial charge on any atom is -0.413 e. The normalized spacial score (nSPS) is 12.1. The van der Waals surface area contributed by atoms with Gasteiger partial charge in [0.2, 0.25) is 0 Å². The number of hydrogen-bond acceptors (Lipinski definition) is 5. The number of fused-ring (bicyclic) bond motifs is 1. The summed E-state index contributed by atoms with van der Waals surface area (Å²) in [6.07, 6.45) is 0. The highest BCUT2D eigenvalue weighted by atomic mass is 35.7. The lowest BCUT2D eigenvalue weighted by atomic mass is 10.3. The standard InChI is InChI=1S/C7H3ClO4S2/c8-14(10,11)5-3-1-2-4-6(5)12-7(9)13-4/h1-3H. The Morgan fingerprint density at radius 1 is 1.36 bits per heavy atom. The van der Waals surface area contributed by atoms with Crippen molar-refractivity contribution in [3.05, 3.63) is 27.9 Å². The molecule has 74 valence electrons. The minimum absolute atomic E-state index is 0.0255. The average molecular weight is 251 g/mol. The van der Waals surface area contributed by atoms with Gasteiger partial charge in [-0.05, 0) is 12.1 Å². The Labute approximate surface area is 87.2 Å². The average Bonchev–Trinajstić information content (AvgIpc) is 2.41. The molecule has 4 nitrogen and oxygen atoms in total. The fourth-order valence-corrected chi connectivity index (χ4v) is 2.80. The highest BCUT2D eigenvalue weighted by molar-refractivity contribution is 8.14. The molecule has 14 heavy (non-hydrogen) atoms. The predicted octanol–water partition coefficient (Wildman–Crippen LogP) is 1.78. The first-order valence-corrected chi connectivity index (χ1v) is 6.58. The van der Waals surface area contributed by atoms with Crippen molar-refractivity contribution in [3.63, 3.8) is 0 Å². The zero-order chi connectivity index (χ0) is 10.3. The predicted molar refractivity (Wildman–Crippen MR) is 53.4 cm³/mol. The Hall–Kier alpha value is -0.850. The van der Waals surface area contributed by atoms with Crippen LogP contribution in [0.1, 0.15) is 0 Å². The molecule has 0 unspecified atom stereocenters. The Morgan fingerprint density at radius 3 is 2.71 bits per heavy atom. The molecule has 0 N–H and O–H groups in total. The molecule has 0 atom stereocenters. The fraction of sp³-hybridized carbons (Fsp3) is 0. The van der Waals surface area contributed by atoms with Gasteiger partial charge in [-0.15, -0.1) is 0 Å². The summed E-state index contributed by atoms with van der Waals surface area (Å²) in [7, 11) is 1.29. The SMILES string of the molecule is O=c1oc2c(S(=O)(=O)Cl)cccc2s1. The third kappa shape index (κ3) is 1.56. The first-order chi connectivity index (χ1) is 6.48. The van der Waals surface area contributed by atoms with Crippen LogP contribution in [-0.2, 0) is 9.05 Å². The minimum atomic E-state index is -3.87. The van der Waals surface area contributed by atoms with E-state index in [9.17, 15) is 13.2 Å². The maximum absolute atomic E-state index is 11.1. The van der Waals surface area contributed by atoms with Gasteiger partial charge in [0.25, 0.3) is 9.05 Å². The van der Waals surface area contributed by atoms with Crippen LogP contribution in [0.4, 0.5) is 0 Å². The number of para-hydroxylation sites is 1. The van der Waals surface area contributed by atoms with Crippen LogP contribution in [0.3, 0.4) is 0 Å². The Bertz CT molecular complexity index is 637. The molecular weight excluding hydrogens is 248 g/mol. The highest BCUT2D eigenvalue weighted by Crippen LogP contribution is 2.26. The zero-order valence-corrected chi connectivity index (χ0v) is 8.95. The van der Waals surface area contributed by atoms with E-state index in [0.29, 0.717) is 4.70 Å². The second-order valence-corrected chi connectivity index (χ2v) is 5.99. The maximum Gasteiger partial charge on any atom is 0.396 e. The number of benzene rings is 1. The van der Waals surface area contributed by atoms with Gasteiger partial charge in [0.1, 0.15) is 4.90 Å². The quantitative estimate of drug-likeness (QED) is 0.724. The molecule has 0 aliphatic heterocycles. The van der Waals surface area contributed by atoms with Crippen LogP contribution >= 0.6 is 22.0 Å². The second kappa shape index (κ2) is 3.08.